The number of carbonyl (C=O) groups is 2. The van der Waals surface area contributed by atoms with Gasteiger partial charge in [-0.05, 0) is 35.9 Å². The van der Waals surface area contributed by atoms with Gasteiger partial charge in [-0.15, -0.1) is 13.2 Å². The van der Waals surface area contributed by atoms with E-state index in [2.05, 4.69) is 4.74 Å². The van der Waals surface area contributed by atoms with Crippen molar-refractivity contribution in [1.29, 1.82) is 0 Å². The van der Waals surface area contributed by atoms with Crippen molar-refractivity contribution < 1.29 is 58.6 Å². The predicted molar refractivity (Wildman–Crippen MR) is 107 cm³/mol. The first-order chi connectivity index (χ1) is 17.0. The van der Waals surface area contributed by atoms with E-state index < -0.39 is 81.5 Å². The molecule has 2 unspecified atom stereocenters. The zero-order valence-corrected chi connectivity index (χ0v) is 17.9. The molecule has 1 aliphatic rings. The van der Waals surface area contributed by atoms with Crippen molar-refractivity contribution in [2.75, 3.05) is 0 Å². The number of primary amides is 2. The van der Waals surface area contributed by atoms with Gasteiger partial charge in [-0.25, -0.2) is 13.2 Å². The van der Waals surface area contributed by atoms with Gasteiger partial charge >= 0.3 is 12.5 Å². The van der Waals surface area contributed by atoms with Gasteiger partial charge in [-0.2, -0.15) is 13.2 Å². The summed E-state index contributed by atoms with van der Waals surface area (Å²) in [7, 11) is 0. The molecule has 0 fully saturated rings. The Morgan fingerprint density at radius 1 is 0.892 bits per heavy atom. The zero-order valence-electron chi connectivity index (χ0n) is 17.9. The number of carbonyl (C=O) groups excluding carboxylic acids is 2. The minimum atomic E-state index is -5.51. The van der Waals surface area contributed by atoms with E-state index in [0.29, 0.717) is 42.5 Å². The fourth-order valence-electron chi connectivity index (χ4n) is 3.56. The lowest BCUT2D eigenvalue weighted by atomic mass is 9.70. The molecule has 2 atom stereocenters. The SMILES string of the molecule is NC(=O)C1=C(Oc2ccc(OC(F)(F)F)c(F)c2)C=CC(c2ccc(F)c(C(N)=O)c2)(C(F)(F)F)C1F. The normalized spacial score (nSPS) is 20.1. The molecule has 37 heavy (non-hydrogen) atoms. The zero-order chi connectivity index (χ0) is 27.9. The van der Waals surface area contributed by atoms with Gasteiger partial charge in [0.25, 0.3) is 11.8 Å². The molecule has 0 heterocycles. The minimum Gasteiger partial charge on any atom is -0.457 e. The van der Waals surface area contributed by atoms with Gasteiger partial charge in [0.2, 0.25) is 0 Å². The highest BCUT2D eigenvalue weighted by Gasteiger charge is 2.63. The molecular formula is C22H13F9N2O4. The van der Waals surface area contributed by atoms with Gasteiger partial charge in [0, 0.05) is 6.07 Å². The van der Waals surface area contributed by atoms with Crippen molar-refractivity contribution >= 4 is 11.8 Å². The second-order valence-electron chi connectivity index (χ2n) is 7.51. The second-order valence-corrected chi connectivity index (χ2v) is 7.51. The Morgan fingerprint density at radius 2 is 1.54 bits per heavy atom. The van der Waals surface area contributed by atoms with Crippen LogP contribution in [0.15, 0.2) is 59.9 Å². The molecule has 6 nitrogen and oxygen atoms in total. The van der Waals surface area contributed by atoms with Gasteiger partial charge in [0.15, 0.2) is 17.7 Å². The molecule has 3 rings (SSSR count). The third-order valence-electron chi connectivity index (χ3n) is 5.22. The van der Waals surface area contributed by atoms with Crippen LogP contribution >= 0.6 is 0 Å². The van der Waals surface area contributed by atoms with E-state index in [-0.39, 0.29) is 6.08 Å². The summed E-state index contributed by atoms with van der Waals surface area (Å²) in [6, 6.07) is 2.81. The fraction of sp³-hybridized carbons (Fsp3) is 0.182. The molecule has 2 aromatic carbocycles. The van der Waals surface area contributed by atoms with Crippen LogP contribution in [-0.4, -0.2) is 30.5 Å². The van der Waals surface area contributed by atoms with Gasteiger partial charge in [0.1, 0.15) is 22.7 Å². The molecule has 0 spiro atoms. The van der Waals surface area contributed by atoms with Crippen molar-refractivity contribution in [3.8, 4) is 11.5 Å². The van der Waals surface area contributed by atoms with Crippen LogP contribution in [-0.2, 0) is 10.2 Å². The lowest BCUT2D eigenvalue weighted by Crippen LogP contribution is -2.52. The summed E-state index contributed by atoms with van der Waals surface area (Å²) in [5.74, 6) is -8.96. The van der Waals surface area contributed by atoms with Gasteiger partial charge in [0.05, 0.1) is 11.1 Å². The Hall–Kier alpha value is -4.17. The molecule has 15 heteroatoms. The fourth-order valence-corrected chi connectivity index (χ4v) is 3.56. The lowest BCUT2D eigenvalue weighted by molar-refractivity contribution is -0.275. The summed E-state index contributed by atoms with van der Waals surface area (Å²) >= 11 is 0. The van der Waals surface area contributed by atoms with E-state index in [0.717, 1.165) is 0 Å². The molecule has 0 aliphatic heterocycles. The number of alkyl halides is 7. The number of ether oxygens (including phenoxy) is 2. The van der Waals surface area contributed by atoms with Crippen molar-refractivity contribution in [3.05, 3.63) is 82.6 Å². The molecule has 2 amide bonds. The van der Waals surface area contributed by atoms with Crippen LogP contribution in [0.25, 0.3) is 0 Å². The van der Waals surface area contributed by atoms with E-state index in [1.165, 1.54) is 0 Å². The summed E-state index contributed by atoms with van der Waals surface area (Å²) in [4.78, 5) is 23.4. The Bertz CT molecular complexity index is 1320. The maximum Gasteiger partial charge on any atom is 0.573 e. The lowest BCUT2D eigenvalue weighted by Gasteiger charge is -2.39. The highest BCUT2D eigenvalue weighted by atomic mass is 19.4. The first kappa shape index (κ1) is 27.4. The Kier molecular flexibility index (Phi) is 6.94. The van der Waals surface area contributed by atoms with Crippen LogP contribution in [0.5, 0.6) is 11.5 Å². The highest BCUT2D eigenvalue weighted by Crippen LogP contribution is 2.51. The number of hydrogen-bond donors (Lipinski definition) is 2. The first-order valence-corrected chi connectivity index (χ1v) is 9.75. The summed E-state index contributed by atoms with van der Waals surface area (Å²) in [6.07, 6.45) is -13.4. The number of nitrogens with two attached hydrogens (primary N) is 2. The first-order valence-electron chi connectivity index (χ1n) is 9.75. The van der Waals surface area contributed by atoms with Crippen LogP contribution < -0.4 is 20.9 Å². The molecule has 0 radical (unpaired) electrons. The van der Waals surface area contributed by atoms with Crippen molar-refractivity contribution in [1.82, 2.24) is 0 Å². The van der Waals surface area contributed by atoms with Gasteiger partial charge in [-0.3, -0.25) is 9.59 Å². The molecule has 0 saturated carbocycles. The minimum absolute atomic E-state index is 0.203. The van der Waals surface area contributed by atoms with Gasteiger partial charge in [-0.1, -0.05) is 12.1 Å². The predicted octanol–water partition coefficient (Wildman–Crippen LogP) is 4.49. The molecule has 1 aliphatic carbocycles. The number of halogens is 9. The average Bonchev–Trinajstić information content (AvgIpc) is 2.74. The average molecular weight is 540 g/mol. The molecule has 0 aromatic heterocycles. The van der Waals surface area contributed by atoms with Crippen LogP contribution in [0.3, 0.4) is 0 Å². The Morgan fingerprint density at radius 3 is 2.05 bits per heavy atom. The van der Waals surface area contributed by atoms with Gasteiger partial charge < -0.3 is 20.9 Å². The number of hydrogen-bond acceptors (Lipinski definition) is 4. The molecular weight excluding hydrogens is 527 g/mol. The topological polar surface area (TPSA) is 105 Å². The summed E-state index contributed by atoms with van der Waals surface area (Å²) in [6.45, 7) is 0. The van der Waals surface area contributed by atoms with Crippen molar-refractivity contribution in [3.63, 3.8) is 0 Å². The maximum atomic E-state index is 15.7. The Balaban J connectivity index is 2.11. The molecule has 198 valence electrons. The quantitative estimate of drug-likeness (QED) is 0.527. The molecule has 0 bridgehead atoms. The van der Waals surface area contributed by atoms with E-state index >= 15 is 4.39 Å². The largest absolute Gasteiger partial charge is 0.573 e. The third-order valence-corrected chi connectivity index (χ3v) is 5.22. The number of rotatable bonds is 6. The van der Waals surface area contributed by atoms with E-state index in [9.17, 15) is 44.7 Å². The smallest absolute Gasteiger partial charge is 0.457 e. The standard InChI is InChI=1S/C22H13F9N2O4/c23-12-3-1-9(7-11(12)18(32)34)20(21(26,27)28)6-5-15(16(17(20)25)19(33)35)36-10-2-4-14(13(24)8-10)37-22(29,30)31/h1-8,17H,(H2,32,34)(H2,33,35). The highest BCUT2D eigenvalue weighted by molar-refractivity contribution is 5.95. The molecule has 2 aromatic rings. The Labute approximate surface area is 200 Å². The van der Waals surface area contributed by atoms with E-state index in [1.807, 2.05) is 0 Å². The van der Waals surface area contributed by atoms with Crippen LogP contribution in [0, 0.1) is 11.6 Å². The summed E-state index contributed by atoms with van der Waals surface area (Å²) in [5.41, 5.74) is 2.98. The molecule has 4 N–H and O–H groups in total. The second kappa shape index (κ2) is 9.37. The molecule has 0 saturated heterocycles. The number of amides is 2. The van der Waals surface area contributed by atoms with E-state index in [4.69, 9.17) is 16.2 Å². The van der Waals surface area contributed by atoms with E-state index in [1.54, 1.807) is 0 Å². The summed E-state index contributed by atoms with van der Waals surface area (Å²) < 4.78 is 132. The van der Waals surface area contributed by atoms with Crippen LogP contribution in [0.1, 0.15) is 15.9 Å². The van der Waals surface area contributed by atoms with Crippen LogP contribution in [0.2, 0.25) is 0 Å². The summed E-state index contributed by atoms with van der Waals surface area (Å²) in [5, 5.41) is 0. The maximum absolute atomic E-state index is 15.7. The van der Waals surface area contributed by atoms with Crippen molar-refractivity contribution in [2.24, 2.45) is 11.5 Å². The third kappa shape index (κ3) is 5.20. The van der Waals surface area contributed by atoms with Crippen LogP contribution in [0.4, 0.5) is 39.5 Å². The number of allylic oxidation sites excluding steroid dienone is 2. The number of benzene rings is 2. The monoisotopic (exact) mass is 540 g/mol. The van der Waals surface area contributed by atoms with Crippen molar-refractivity contribution in [2.45, 2.75) is 24.1 Å².